The number of rotatable bonds is 2. The van der Waals surface area contributed by atoms with Crippen molar-refractivity contribution in [3.05, 3.63) is 23.1 Å². The van der Waals surface area contributed by atoms with E-state index in [1.165, 1.54) is 0 Å². The minimum absolute atomic E-state index is 0.0234. The zero-order valence-corrected chi connectivity index (χ0v) is 4.99. The molecule has 0 radical (unpaired) electrons. The lowest BCUT2D eigenvalue weighted by atomic mass is 10.3. The molecule has 0 unspecified atom stereocenters. The summed E-state index contributed by atoms with van der Waals surface area (Å²) >= 11 is 5.56. The minimum atomic E-state index is -0.523. The summed E-state index contributed by atoms with van der Waals surface area (Å²) in [6.07, 6.45) is 0. The quantitative estimate of drug-likeness (QED) is 0.496. The van der Waals surface area contributed by atoms with Gasteiger partial charge < -0.3 is 10.8 Å². The summed E-state index contributed by atoms with van der Waals surface area (Å²) in [5, 5.41) is 3.69. The molecule has 1 aromatic rings. The summed E-state index contributed by atoms with van der Waals surface area (Å²) in [6, 6.07) is -1.47. The Hall–Kier alpha value is -0.890. The first-order valence-electron chi connectivity index (χ1n) is 4.92. The van der Waals surface area contributed by atoms with Gasteiger partial charge in [-0.15, -0.1) is 0 Å². The van der Waals surface area contributed by atoms with Gasteiger partial charge in [-0.05, 0) is 18.1 Å². The molecule has 48 valence electrons. The van der Waals surface area contributed by atoms with Crippen LogP contribution in [0.4, 0.5) is 5.69 Å². The number of hydrogen-bond acceptors (Lipinski definition) is 2. The largest absolute Gasteiger partial charge is 0.506 e. The molecule has 0 aliphatic heterocycles. The predicted molar refractivity (Wildman–Crippen MR) is 37.5 cm³/mol. The molecule has 0 spiro atoms. The molecule has 1 rings (SSSR count). The van der Waals surface area contributed by atoms with Gasteiger partial charge in [-0.3, -0.25) is 0 Å². The number of phenolic OH excluding ortho intramolecular Hbond substituents is 1. The molecule has 3 heteroatoms. The van der Waals surface area contributed by atoms with E-state index in [0.29, 0.717) is 0 Å². The van der Waals surface area contributed by atoms with E-state index in [2.05, 4.69) is 5.11 Å². The van der Waals surface area contributed by atoms with E-state index < -0.39 is 29.6 Å². The summed E-state index contributed by atoms with van der Waals surface area (Å²) in [6.45, 7) is 0. The van der Waals surface area contributed by atoms with Crippen molar-refractivity contribution in [1.29, 1.82) is 1.43 Å². The molecule has 0 aliphatic rings. The van der Waals surface area contributed by atoms with Gasteiger partial charge in [0.15, 0.2) is 2.82 Å². The van der Waals surface area contributed by atoms with Crippen LogP contribution in [0.15, 0.2) is 18.1 Å². The van der Waals surface area contributed by atoms with E-state index in [1.54, 1.807) is 0 Å². The second kappa shape index (κ2) is 2.15. The smallest absolute Gasteiger partial charge is 0.293 e. The van der Waals surface area contributed by atoms with Gasteiger partial charge in [-0.25, -0.2) is 0 Å². The number of anilines is 1. The van der Waals surface area contributed by atoms with Gasteiger partial charge in [0.1, 0.15) is 5.75 Å². The van der Waals surface area contributed by atoms with Crippen LogP contribution in [0.1, 0.15) is 4.11 Å². The summed E-state index contributed by atoms with van der Waals surface area (Å²) in [5.41, 5.74) is -0.411. The molecule has 2 nitrogen and oxygen atoms in total. The number of nitrogens with two attached hydrogens (primary N) is 1. The Morgan fingerprint density at radius 3 is 3.44 bits per heavy atom. The minimum Gasteiger partial charge on any atom is -0.506 e. The molecule has 0 aliphatic carbocycles. The fourth-order valence-corrected chi connectivity index (χ4v) is 0.500. The molecule has 0 saturated heterocycles. The predicted octanol–water partition coefficient (Wildman–Crippen LogP) is 1.63. The van der Waals surface area contributed by atoms with Crippen LogP contribution < -0.4 is 5.72 Å². The van der Waals surface area contributed by atoms with E-state index in [9.17, 15) is 0 Å². The maximum atomic E-state index is 7.43. The highest BCUT2D eigenvalue weighted by Crippen LogP contribution is 2.22. The lowest BCUT2D eigenvalue weighted by Crippen LogP contribution is -1.83. The highest BCUT2D eigenvalue weighted by Gasteiger charge is 1.93. The highest BCUT2D eigenvalue weighted by molar-refractivity contribution is 6.30. The zero-order valence-electron chi connectivity index (χ0n) is 10.2. The van der Waals surface area contributed by atoms with Crippen molar-refractivity contribution in [3.8, 4) is 5.75 Å². The van der Waals surface area contributed by atoms with Crippen LogP contribution in [0.25, 0.3) is 0 Å². The lowest BCUT2D eigenvalue weighted by Gasteiger charge is -1.95. The van der Waals surface area contributed by atoms with Crippen molar-refractivity contribution in [2.24, 2.45) is 0 Å². The number of halogens is 1. The second-order valence-corrected chi connectivity index (χ2v) is 1.74. The Labute approximate surface area is 66.5 Å². The van der Waals surface area contributed by atoms with Crippen molar-refractivity contribution in [2.45, 2.75) is 0 Å². The summed E-state index contributed by atoms with van der Waals surface area (Å²) in [7, 11) is 0. The average molecular weight is 150 g/mol. The van der Waals surface area contributed by atoms with Crippen molar-refractivity contribution in [2.75, 3.05) is 5.72 Å². The van der Waals surface area contributed by atoms with Crippen molar-refractivity contribution >= 4 is 17.3 Å². The molecule has 0 atom stereocenters. The van der Waals surface area contributed by atoms with Crippen molar-refractivity contribution < 1.29 is 12.0 Å². The molecule has 0 heterocycles. The van der Waals surface area contributed by atoms with Crippen molar-refractivity contribution in [1.82, 2.24) is 0 Å². The third kappa shape index (κ3) is 1.27. The zero-order chi connectivity index (χ0) is 11.7. The molecular formula is C6H6ClNO. The van der Waals surface area contributed by atoms with Crippen LogP contribution in [0.5, 0.6) is 5.75 Å². The Morgan fingerprint density at radius 1 is 1.89 bits per heavy atom. The fourth-order valence-electron chi connectivity index (χ4n) is 0.363. The number of benzene rings is 1. The van der Waals surface area contributed by atoms with E-state index in [-0.39, 0.29) is 10.7 Å². The Morgan fingerprint density at radius 2 is 2.78 bits per heavy atom. The third-order valence-corrected chi connectivity index (χ3v) is 0.918. The first-order chi connectivity index (χ1) is 6.91. The Kier molecular flexibility index (Phi) is 0.492. The first kappa shape index (κ1) is 2.06. The topological polar surface area (TPSA) is 46.2 Å². The number of phenols is 1. The third-order valence-electron chi connectivity index (χ3n) is 0.729. The van der Waals surface area contributed by atoms with Crippen LogP contribution in [-0.4, -0.2) is 6.54 Å². The summed E-state index contributed by atoms with van der Waals surface area (Å²) < 4.78 is 42.7. The maximum Gasteiger partial charge on any atom is 0.293 e. The van der Waals surface area contributed by atoms with Gasteiger partial charge in [0.05, 0.1) is 9.80 Å². The molecule has 0 fully saturated rings. The van der Waals surface area contributed by atoms with E-state index >= 15 is 0 Å². The van der Waals surface area contributed by atoms with Gasteiger partial charge in [0, 0.05) is 5.02 Å². The van der Waals surface area contributed by atoms with Crippen LogP contribution in [-0.2, 0) is 0 Å². The van der Waals surface area contributed by atoms with E-state index in [1.807, 2.05) is 0 Å². The number of aromatic hydroxyl groups is 1. The molecule has 1 aromatic carbocycles. The molecule has 0 saturated carbocycles. The molecule has 0 aromatic heterocycles. The Bertz CT molecular complexity index is 398. The highest BCUT2D eigenvalue weighted by atomic mass is 35.5. The first-order valence-corrected chi connectivity index (χ1v) is 2.49. The Balaban J connectivity index is 3.62. The van der Waals surface area contributed by atoms with Gasteiger partial charge in [0.25, 0.3) is 1.43 Å². The maximum absolute atomic E-state index is 7.43. The number of nitrogen functional groups attached to an aromatic ring is 1. The van der Waals surface area contributed by atoms with Gasteiger partial charge in [0.2, 0.25) is 0 Å². The van der Waals surface area contributed by atoms with Crippen LogP contribution in [0, 0.1) is 0 Å². The van der Waals surface area contributed by atoms with Crippen LogP contribution in [0.2, 0.25) is 7.85 Å². The van der Waals surface area contributed by atoms with Crippen LogP contribution >= 0.6 is 11.6 Å². The standard InChI is InChI=1S/C6H6ClNO/c7-4-1-2-6(9)5(8)3-4/h1-3,9H,8H2/i1D,2D,3D/hD3. The van der Waals surface area contributed by atoms with Gasteiger partial charge in [-0.1, -0.05) is 11.6 Å². The molecule has 3 N–H and O–H groups in total. The van der Waals surface area contributed by atoms with Gasteiger partial charge >= 0.3 is 0 Å². The summed E-state index contributed by atoms with van der Waals surface area (Å²) in [5.74, 6) is -0.501. The fraction of sp³-hybridized carbons (Fsp3) is 0. The average Bonchev–Trinajstić information content (AvgIpc) is 2.19. The normalized spacial score (nSPS) is 17.9. The van der Waals surface area contributed by atoms with Crippen LogP contribution in [0.3, 0.4) is 0 Å². The SMILES string of the molecule is [2H]Oc1c([2H])c([2H])c(Cl)c([2H])c1N([2H])[2H]. The molecule has 9 heavy (non-hydrogen) atoms. The van der Waals surface area contributed by atoms with Crippen molar-refractivity contribution in [3.63, 3.8) is 0 Å². The van der Waals surface area contributed by atoms with Gasteiger partial charge in [-0.2, -0.15) is 0 Å². The monoisotopic (exact) mass is 149 g/mol. The number of hydrogen-bond donors (Lipinski definition) is 2. The molecule has 0 amide bonds. The molecule has 0 bridgehead atoms. The molecular weight excluding hydrogens is 138 g/mol. The lowest BCUT2D eigenvalue weighted by molar-refractivity contribution is 0.478. The van der Waals surface area contributed by atoms with E-state index in [4.69, 9.17) is 20.0 Å². The van der Waals surface area contributed by atoms with E-state index in [0.717, 1.165) is 0 Å². The summed E-state index contributed by atoms with van der Waals surface area (Å²) in [4.78, 5) is 0. The second-order valence-electron chi connectivity index (χ2n) is 1.37.